The fraction of sp³-hybridized carbons (Fsp3) is 0.235. The zero-order valence-corrected chi connectivity index (χ0v) is 14.6. The molecule has 9 heteroatoms. The Hall–Kier alpha value is -2.91. The van der Waals surface area contributed by atoms with Gasteiger partial charge in [-0.25, -0.2) is 0 Å². The number of carbonyl (C=O) groups is 1. The summed E-state index contributed by atoms with van der Waals surface area (Å²) in [6.45, 7) is 2.97. The predicted octanol–water partition coefficient (Wildman–Crippen LogP) is 2.08. The van der Waals surface area contributed by atoms with Gasteiger partial charge in [0.05, 0.1) is 13.2 Å². The Balaban J connectivity index is 1.47. The van der Waals surface area contributed by atoms with Crippen LogP contribution in [-0.4, -0.2) is 52.4 Å². The number of morpholine rings is 1. The lowest BCUT2D eigenvalue weighted by Crippen LogP contribution is -2.36. The monoisotopic (exact) mass is 368 g/mol. The normalized spacial score (nSPS) is 14.2. The van der Waals surface area contributed by atoms with Gasteiger partial charge in [-0.2, -0.15) is 0 Å². The van der Waals surface area contributed by atoms with Crippen LogP contribution in [0.25, 0.3) is 10.7 Å². The van der Waals surface area contributed by atoms with Gasteiger partial charge >= 0.3 is 0 Å². The molecule has 26 heavy (non-hydrogen) atoms. The largest absolute Gasteiger partial charge is 0.378 e. The van der Waals surface area contributed by atoms with Crippen molar-refractivity contribution in [2.24, 2.45) is 0 Å². The summed E-state index contributed by atoms with van der Waals surface area (Å²) in [4.78, 5) is 23.1. The molecule has 0 atom stereocenters. The second kappa shape index (κ2) is 7.54. The lowest BCUT2D eigenvalue weighted by Gasteiger charge is -2.28. The van der Waals surface area contributed by atoms with E-state index in [-0.39, 0.29) is 5.91 Å². The van der Waals surface area contributed by atoms with Crippen LogP contribution >= 0.6 is 11.3 Å². The average molecular weight is 368 g/mol. The average Bonchev–Trinajstić information content (AvgIpc) is 3.18. The van der Waals surface area contributed by atoms with Gasteiger partial charge < -0.3 is 9.64 Å². The first-order valence-electron chi connectivity index (χ1n) is 8.14. The van der Waals surface area contributed by atoms with Crippen LogP contribution in [0.3, 0.4) is 0 Å². The van der Waals surface area contributed by atoms with Crippen molar-refractivity contribution in [2.75, 3.05) is 36.5 Å². The number of rotatable bonds is 4. The highest BCUT2D eigenvalue weighted by Crippen LogP contribution is 2.25. The number of hydrogen-bond donors (Lipinski definition) is 1. The molecule has 3 aromatic heterocycles. The molecule has 132 valence electrons. The molecule has 8 nitrogen and oxygen atoms in total. The summed E-state index contributed by atoms with van der Waals surface area (Å²) < 4.78 is 5.36. The fourth-order valence-electron chi connectivity index (χ4n) is 2.59. The first-order chi connectivity index (χ1) is 12.8. The molecule has 0 spiro atoms. The maximum atomic E-state index is 12.5. The van der Waals surface area contributed by atoms with E-state index in [2.05, 4.69) is 30.4 Å². The minimum Gasteiger partial charge on any atom is -0.378 e. The van der Waals surface area contributed by atoms with Crippen molar-refractivity contribution in [3.05, 3.63) is 48.4 Å². The summed E-state index contributed by atoms with van der Waals surface area (Å²) in [6, 6.07) is 9.23. The predicted molar refractivity (Wildman–Crippen MR) is 98.4 cm³/mol. The number of pyridine rings is 2. The lowest BCUT2D eigenvalue weighted by atomic mass is 10.2. The smallest absolute Gasteiger partial charge is 0.276 e. The summed E-state index contributed by atoms with van der Waals surface area (Å²) in [5.41, 5.74) is 2.02. The molecule has 1 amide bonds. The number of hydrogen-bond acceptors (Lipinski definition) is 8. The van der Waals surface area contributed by atoms with Gasteiger partial charge in [0, 0.05) is 31.2 Å². The van der Waals surface area contributed by atoms with Crippen molar-refractivity contribution in [1.82, 2.24) is 20.2 Å². The molecular formula is C17H16N6O2S. The van der Waals surface area contributed by atoms with Gasteiger partial charge in [-0.05, 0) is 24.3 Å². The molecule has 1 fully saturated rings. The number of nitrogens with zero attached hydrogens (tertiary/aromatic N) is 5. The Morgan fingerprint density at radius 3 is 2.81 bits per heavy atom. The molecule has 1 aliphatic heterocycles. The van der Waals surface area contributed by atoms with Gasteiger partial charge in [0.25, 0.3) is 5.91 Å². The summed E-state index contributed by atoms with van der Waals surface area (Å²) in [7, 11) is 0. The summed E-state index contributed by atoms with van der Waals surface area (Å²) >= 11 is 1.27. The topological polar surface area (TPSA) is 93.1 Å². The van der Waals surface area contributed by atoms with E-state index in [4.69, 9.17) is 4.74 Å². The third kappa shape index (κ3) is 3.68. The Morgan fingerprint density at radius 1 is 1.12 bits per heavy atom. The van der Waals surface area contributed by atoms with Crippen molar-refractivity contribution < 1.29 is 9.53 Å². The molecule has 0 saturated carbocycles. The Bertz CT molecular complexity index is 895. The van der Waals surface area contributed by atoms with Crippen LogP contribution in [0.4, 0.5) is 10.8 Å². The van der Waals surface area contributed by atoms with E-state index >= 15 is 0 Å². The highest BCUT2D eigenvalue weighted by molar-refractivity contribution is 7.18. The van der Waals surface area contributed by atoms with Gasteiger partial charge in [0.15, 0.2) is 5.01 Å². The molecule has 0 aromatic carbocycles. The first kappa shape index (κ1) is 16.6. The standard InChI is InChI=1S/C17H16N6O2S/c24-15(14-11-12(4-6-19-14)23-7-9-25-10-8-23)20-17-22-21-16(26-17)13-3-1-2-5-18-13/h1-6,11H,7-10H2,(H,20,22,24). The van der Waals surface area contributed by atoms with Gasteiger partial charge in [-0.3, -0.25) is 20.1 Å². The third-order valence-corrected chi connectivity index (χ3v) is 4.74. The van der Waals surface area contributed by atoms with E-state index in [1.807, 2.05) is 24.3 Å². The molecule has 4 heterocycles. The quantitative estimate of drug-likeness (QED) is 0.753. The van der Waals surface area contributed by atoms with Crippen molar-refractivity contribution >= 4 is 28.1 Å². The highest BCUT2D eigenvalue weighted by Gasteiger charge is 2.16. The zero-order valence-electron chi connectivity index (χ0n) is 13.8. The minimum atomic E-state index is -0.316. The van der Waals surface area contributed by atoms with Crippen LogP contribution in [0.1, 0.15) is 10.5 Å². The molecule has 0 aliphatic carbocycles. The second-order valence-corrected chi connectivity index (χ2v) is 6.56. The van der Waals surface area contributed by atoms with E-state index < -0.39 is 0 Å². The third-order valence-electron chi connectivity index (χ3n) is 3.88. The van der Waals surface area contributed by atoms with E-state index in [0.29, 0.717) is 29.0 Å². The fourth-order valence-corrected chi connectivity index (χ4v) is 3.30. The maximum absolute atomic E-state index is 12.5. The summed E-state index contributed by atoms with van der Waals surface area (Å²) in [5.74, 6) is -0.316. The number of carbonyl (C=O) groups excluding carboxylic acids is 1. The Kier molecular flexibility index (Phi) is 4.80. The van der Waals surface area contributed by atoms with E-state index in [9.17, 15) is 4.79 Å². The molecular weight excluding hydrogens is 352 g/mol. The molecule has 0 unspecified atom stereocenters. The number of nitrogens with one attached hydrogen (secondary N) is 1. The van der Waals surface area contributed by atoms with Crippen LogP contribution in [0.2, 0.25) is 0 Å². The number of anilines is 2. The van der Waals surface area contributed by atoms with Crippen LogP contribution in [-0.2, 0) is 4.74 Å². The molecule has 4 rings (SSSR count). The van der Waals surface area contributed by atoms with Crippen molar-refractivity contribution in [2.45, 2.75) is 0 Å². The number of ether oxygens (including phenoxy) is 1. The molecule has 1 aliphatic rings. The molecule has 0 bridgehead atoms. The molecule has 3 aromatic rings. The van der Waals surface area contributed by atoms with Crippen molar-refractivity contribution in [3.8, 4) is 10.7 Å². The number of aromatic nitrogens is 4. The van der Waals surface area contributed by atoms with Crippen LogP contribution in [0.15, 0.2) is 42.7 Å². The lowest BCUT2D eigenvalue weighted by molar-refractivity contribution is 0.102. The molecule has 0 radical (unpaired) electrons. The van der Waals surface area contributed by atoms with Gasteiger partial charge in [0.1, 0.15) is 11.4 Å². The van der Waals surface area contributed by atoms with E-state index in [0.717, 1.165) is 24.5 Å². The number of amides is 1. The van der Waals surface area contributed by atoms with Crippen molar-refractivity contribution in [1.29, 1.82) is 0 Å². The Labute approximate surface area is 153 Å². The van der Waals surface area contributed by atoms with Gasteiger partial charge in [0.2, 0.25) is 5.13 Å². The van der Waals surface area contributed by atoms with Crippen molar-refractivity contribution in [3.63, 3.8) is 0 Å². The van der Waals surface area contributed by atoms with E-state index in [1.54, 1.807) is 18.5 Å². The van der Waals surface area contributed by atoms with Crippen LogP contribution in [0.5, 0.6) is 0 Å². The van der Waals surface area contributed by atoms with Gasteiger partial charge in [-0.1, -0.05) is 17.4 Å². The maximum Gasteiger partial charge on any atom is 0.276 e. The summed E-state index contributed by atoms with van der Waals surface area (Å²) in [6.07, 6.45) is 3.33. The van der Waals surface area contributed by atoms with E-state index in [1.165, 1.54) is 11.3 Å². The minimum absolute atomic E-state index is 0.316. The second-order valence-electron chi connectivity index (χ2n) is 5.58. The molecule has 1 saturated heterocycles. The molecule has 1 N–H and O–H groups in total. The first-order valence-corrected chi connectivity index (χ1v) is 8.96. The highest BCUT2D eigenvalue weighted by atomic mass is 32.1. The SMILES string of the molecule is O=C(Nc1nnc(-c2ccccn2)s1)c1cc(N2CCOCC2)ccn1. The Morgan fingerprint density at radius 2 is 2.00 bits per heavy atom. The summed E-state index contributed by atoms with van der Waals surface area (Å²) in [5, 5.41) is 11.9. The van der Waals surface area contributed by atoms with Gasteiger partial charge in [-0.15, -0.1) is 10.2 Å². The van der Waals surface area contributed by atoms with Crippen LogP contribution < -0.4 is 10.2 Å². The van der Waals surface area contributed by atoms with Crippen LogP contribution in [0, 0.1) is 0 Å². The zero-order chi connectivity index (χ0) is 17.8.